The highest BCUT2D eigenvalue weighted by atomic mass is 32.1. The van der Waals surface area contributed by atoms with Gasteiger partial charge in [0.15, 0.2) is 5.78 Å². The van der Waals surface area contributed by atoms with Crippen LogP contribution in [0.5, 0.6) is 0 Å². The summed E-state index contributed by atoms with van der Waals surface area (Å²) in [5, 5.41) is 0.694. The molecule has 0 aliphatic carbocycles. The van der Waals surface area contributed by atoms with Gasteiger partial charge in [0.25, 0.3) is 5.91 Å². The van der Waals surface area contributed by atoms with Crippen LogP contribution in [0.2, 0.25) is 0 Å². The molecule has 5 nitrogen and oxygen atoms in total. The molecule has 19 heavy (non-hydrogen) atoms. The molecule has 1 heterocycles. The average molecular weight is 283 g/mol. The highest BCUT2D eigenvalue weighted by molar-refractivity contribution is 7.19. The zero-order chi connectivity index (χ0) is 14.7. The molecule has 1 aromatic heterocycles. The highest BCUT2D eigenvalue weighted by Crippen LogP contribution is 2.39. The number of anilines is 2. The minimum Gasteiger partial charge on any atom is -0.397 e. The third kappa shape index (κ3) is 2.89. The van der Waals surface area contributed by atoms with E-state index in [1.54, 1.807) is 0 Å². The molecule has 1 rings (SSSR count). The van der Waals surface area contributed by atoms with Gasteiger partial charge in [0, 0.05) is 19.0 Å². The van der Waals surface area contributed by atoms with Crippen LogP contribution in [0.15, 0.2) is 0 Å². The van der Waals surface area contributed by atoms with Gasteiger partial charge in [-0.2, -0.15) is 0 Å². The van der Waals surface area contributed by atoms with Crippen LogP contribution in [0.1, 0.15) is 47.7 Å². The summed E-state index contributed by atoms with van der Waals surface area (Å²) >= 11 is 1.26. The predicted octanol–water partition coefficient (Wildman–Crippen LogP) is 2.11. The number of carbonyl (C=O) groups excluding carboxylic acids is 2. The average Bonchev–Trinajstić information content (AvgIpc) is 2.67. The Bertz CT molecular complexity index is 490. The highest BCUT2D eigenvalue weighted by Gasteiger charge is 2.27. The Labute approximate surface area is 117 Å². The molecule has 1 aromatic rings. The Morgan fingerprint density at radius 2 is 1.79 bits per heavy atom. The number of nitrogen functional groups attached to an aromatic ring is 1. The quantitative estimate of drug-likeness (QED) is 0.782. The Morgan fingerprint density at radius 3 is 2.16 bits per heavy atom. The van der Waals surface area contributed by atoms with E-state index in [1.807, 2.05) is 32.6 Å². The second-order valence-electron chi connectivity index (χ2n) is 4.58. The summed E-state index contributed by atoms with van der Waals surface area (Å²) in [5.41, 5.74) is 11.9. The monoisotopic (exact) mass is 283 g/mol. The van der Waals surface area contributed by atoms with Crippen LogP contribution in [-0.2, 0) is 0 Å². The molecular formula is C13H21N3O2S. The second kappa shape index (κ2) is 6.06. The molecule has 0 fully saturated rings. The molecule has 0 radical (unpaired) electrons. The van der Waals surface area contributed by atoms with Crippen molar-refractivity contribution in [3.63, 3.8) is 0 Å². The predicted molar refractivity (Wildman–Crippen MR) is 80.0 cm³/mol. The number of hydrogen-bond donors (Lipinski definition) is 2. The van der Waals surface area contributed by atoms with E-state index in [0.29, 0.717) is 9.88 Å². The molecule has 0 aliphatic heterocycles. The minimum atomic E-state index is -0.585. The lowest BCUT2D eigenvalue weighted by molar-refractivity contribution is 0.0944. The first-order valence-corrected chi connectivity index (χ1v) is 7.17. The van der Waals surface area contributed by atoms with Crippen molar-refractivity contribution in [2.24, 2.45) is 11.7 Å². The largest absolute Gasteiger partial charge is 0.397 e. The van der Waals surface area contributed by atoms with E-state index >= 15 is 0 Å². The van der Waals surface area contributed by atoms with E-state index in [0.717, 1.165) is 13.1 Å². The van der Waals surface area contributed by atoms with E-state index in [1.165, 1.54) is 11.3 Å². The Kier molecular flexibility index (Phi) is 4.94. The van der Waals surface area contributed by atoms with Crippen LogP contribution in [0.25, 0.3) is 0 Å². The number of nitrogens with zero attached hydrogens (tertiary/aromatic N) is 1. The Hall–Kier alpha value is -1.56. The van der Waals surface area contributed by atoms with Gasteiger partial charge in [-0.1, -0.05) is 13.8 Å². The number of Topliss-reactive ketones (excluding diaryl/α,β-unsaturated/α-hetero) is 1. The number of nitrogens with two attached hydrogens (primary N) is 2. The van der Waals surface area contributed by atoms with Crippen LogP contribution in [-0.4, -0.2) is 24.8 Å². The first kappa shape index (κ1) is 15.5. The molecule has 0 saturated heterocycles. The van der Waals surface area contributed by atoms with E-state index in [-0.39, 0.29) is 23.0 Å². The molecule has 0 aromatic carbocycles. The van der Waals surface area contributed by atoms with Crippen molar-refractivity contribution in [1.82, 2.24) is 0 Å². The summed E-state index contributed by atoms with van der Waals surface area (Å²) in [6, 6.07) is 0. The van der Waals surface area contributed by atoms with Crippen LogP contribution in [0.3, 0.4) is 0 Å². The fourth-order valence-electron chi connectivity index (χ4n) is 1.85. The second-order valence-corrected chi connectivity index (χ2v) is 5.58. The third-order valence-electron chi connectivity index (χ3n) is 2.97. The summed E-state index contributed by atoms with van der Waals surface area (Å²) in [7, 11) is 0. The van der Waals surface area contributed by atoms with Crippen molar-refractivity contribution in [2.45, 2.75) is 27.7 Å². The minimum absolute atomic E-state index is 0.0524. The van der Waals surface area contributed by atoms with Crippen molar-refractivity contribution in [3.8, 4) is 0 Å². The number of ketones is 1. The Morgan fingerprint density at radius 1 is 1.26 bits per heavy atom. The molecule has 106 valence electrons. The summed E-state index contributed by atoms with van der Waals surface area (Å²) in [5.74, 6) is -0.798. The number of amides is 1. The molecule has 4 N–H and O–H groups in total. The van der Waals surface area contributed by atoms with Crippen LogP contribution in [0, 0.1) is 5.92 Å². The van der Waals surface area contributed by atoms with Crippen LogP contribution < -0.4 is 16.4 Å². The first-order chi connectivity index (χ1) is 8.84. The molecule has 0 aliphatic rings. The smallest absolute Gasteiger partial charge is 0.253 e. The van der Waals surface area contributed by atoms with Gasteiger partial charge in [-0.05, 0) is 13.8 Å². The van der Waals surface area contributed by atoms with E-state index in [9.17, 15) is 9.59 Å². The van der Waals surface area contributed by atoms with Crippen molar-refractivity contribution in [2.75, 3.05) is 23.7 Å². The first-order valence-electron chi connectivity index (χ1n) is 6.36. The zero-order valence-electron chi connectivity index (χ0n) is 11.8. The molecule has 0 atom stereocenters. The van der Waals surface area contributed by atoms with Gasteiger partial charge in [0.05, 0.1) is 16.1 Å². The zero-order valence-corrected chi connectivity index (χ0v) is 12.6. The molecule has 6 heteroatoms. The summed E-state index contributed by atoms with van der Waals surface area (Å²) in [6.07, 6.45) is 0. The lowest BCUT2D eigenvalue weighted by atomic mass is 10.1. The number of carbonyl (C=O) groups is 2. The van der Waals surface area contributed by atoms with E-state index < -0.39 is 5.91 Å². The van der Waals surface area contributed by atoms with Crippen molar-refractivity contribution in [1.29, 1.82) is 0 Å². The fourth-order valence-corrected chi connectivity index (χ4v) is 3.29. The van der Waals surface area contributed by atoms with Crippen LogP contribution in [0.4, 0.5) is 10.7 Å². The molecule has 1 amide bonds. The van der Waals surface area contributed by atoms with Crippen molar-refractivity contribution >= 4 is 33.7 Å². The number of primary amides is 1. The molecule has 0 spiro atoms. The van der Waals surface area contributed by atoms with Crippen LogP contribution >= 0.6 is 11.3 Å². The topological polar surface area (TPSA) is 89.4 Å². The SMILES string of the molecule is CCN(CC)c1sc(C(=O)C(C)C)c(N)c1C(N)=O. The van der Waals surface area contributed by atoms with Gasteiger partial charge in [-0.15, -0.1) is 11.3 Å². The standard InChI is InChI=1S/C13H21N3O2S/c1-5-16(6-2)13-8(12(15)18)9(14)11(19-13)10(17)7(3)4/h7H,5-6,14H2,1-4H3,(H2,15,18). The van der Waals surface area contributed by atoms with Gasteiger partial charge >= 0.3 is 0 Å². The maximum atomic E-state index is 12.1. The molecule has 0 bridgehead atoms. The lowest BCUT2D eigenvalue weighted by Crippen LogP contribution is -2.24. The maximum absolute atomic E-state index is 12.1. The molecule has 0 saturated carbocycles. The van der Waals surface area contributed by atoms with Crippen molar-refractivity contribution in [3.05, 3.63) is 10.4 Å². The molecule has 0 unspecified atom stereocenters. The molecular weight excluding hydrogens is 262 g/mol. The van der Waals surface area contributed by atoms with Gasteiger partial charge in [0.2, 0.25) is 0 Å². The number of rotatable bonds is 6. The summed E-state index contributed by atoms with van der Waals surface area (Å²) in [6.45, 7) is 9.03. The van der Waals surface area contributed by atoms with Gasteiger partial charge in [0.1, 0.15) is 5.00 Å². The van der Waals surface area contributed by atoms with E-state index in [4.69, 9.17) is 11.5 Å². The fraction of sp³-hybridized carbons (Fsp3) is 0.538. The summed E-state index contributed by atoms with van der Waals surface area (Å²) in [4.78, 5) is 26.1. The van der Waals surface area contributed by atoms with Gasteiger partial charge in [-0.3, -0.25) is 9.59 Å². The lowest BCUT2D eigenvalue weighted by Gasteiger charge is -2.19. The normalized spacial score (nSPS) is 10.8. The van der Waals surface area contributed by atoms with E-state index in [2.05, 4.69) is 0 Å². The maximum Gasteiger partial charge on any atom is 0.253 e. The van der Waals surface area contributed by atoms with Crippen molar-refractivity contribution < 1.29 is 9.59 Å². The number of thiophene rings is 1. The Balaban J connectivity index is 3.43. The van der Waals surface area contributed by atoms with Gasteiger partial charge in [-0.25, -0.2) is 0 Å². The third-order valence-corrected chi connectivity index (χ3v) is 4.25. The summed E-state index contributed by atoms with van der Waals surface area (Å²) < 4.78 is 0. The van der Waals surface area contributed by atoms with Gasteiger partial charge < -0.3 is 16.4 Å². The number of hydrogen-bond acceptors (Lipinski definition) is 5.